The Hall–Kier alpha value is -1.71. The Labute approximate surface area is 109 Å². The predicted molar refractivity (Wildman–Crippen MR) is 75.5 cm³/mol. The molecule has 0 amide bonds. The third-order valence-electron chi connectivity index (χ3n) is 2.99. The molecule has 4 heteroatoms. The number of carboxylic acid groups (broad SMARTS) is 1. The van der Waals surface area contributed by atoms with Crippen LogP contribution in [0.4, 0.5) is 11.4 Å². The van der Waals surface area contributed by atoms with Crippen LogP contribution in [-0.2, 0) is 4.79 Å². The molecule has 0 heterocycles. The van der Waals surface area contributed by atoms with E-state index in [2.05, 4.69) is 36.2 Å². The van der Waals surface area contributed by atoms with E-state index < -0.39 is 5.97 Å². The first-order valence-corrected chi connectivity index (χ1v) is 6.39. The fraction of sp³-hybridized carbons (Fsp3) is 0.500. The number of nitrogens with one attached hydrogen (secondary N) is 1. The molecule has 0 saturated carbocycles. The molecule has 0 aliphatic carbocycles. The first-order chi connectivity index (χ1) is 8.58. The van der Waals surface area contributed by atoms with Crippen molar-refractivity contribution >= 4 is 17.3 Å². The van der Waals surface area contributed by atoms with Gasteiger partial charge in [0.1, 0.15) is 0 Å². The molecule has 0 aliphatic rings. The summed E-state index contributed by atoms with van der Waals surface area (Å²) in [4.78, 5) is 12.7. The summed E-state index contributed by atoms with van der Waals surface area (Å²) in [5.41, 5.74) is 3.36. The maximum Gasteiger partial charge on any atom is 0.305 e. The predicted octanol–water partition coefficient (Wildman–Crippen LogP) is 2.73. The lowest BCUT2D eigenvalue weighted by molar-refractivity contribution is -0.136. The second-order valence-electron chi connectivity index (χ2n) is 4.24. The van der Waals surface area contributed by atoms with Crippen LogP contribution >= 0.6 is 0 Å². The van der Waals surface area contributed by atoms with Gasteiger partial charge in [0.05, 0.1) is 6.42 Å². The number of rotatable bonds is 7. The van der Waals surface area contributed by atoms with Crippen LogP contribution in [-0.4, -0.2) is 30.7 Å². The van der Waals surface area contributed by atoms with Crippen molar-refractivity contribution in [3.05, 3.63) is 23.8 Å². The van der Waals surface area contributed by atoms with E-state index >= 15 is 0 Å². The van der Waals surface area contributed by atoms with Crippen LogP contribution in [0.3, 0.4) is 0 Å². The number of aryl methyl sites for hydroxylation is 1. The monoisotopic (exact) mass is 250 g/mol. The number of carbonyl (C=O) groups is 1. The maximum absolute atomic E-state index is 10.4. The van der Waals surface area contributed by atoms with E-state index in [0.717, 1.165) is 24.3 Å². The zero-order valence-corrected chi connectivity index (χ0v) is 11.4. The van der Waals surface area contributed by atoms with Crippen LogP contribution in [0.1, 0.15) is 25.8 Å². The summed E-state index contributed by atoms with van der Waals surface area (Å²) >= 11 is 0. The molecule has 0 aliphatic heterocycles. The molecule has 0 aromatic heterocycles. The van der Waals surface area contributed by atoms with Gasteiger partial charge >= 0.3 is 5.97 Å². The fourth-order valence-corrected chi connectivity index (χ4v) is 1.94. The molecule has 0 bridgehead atoms. The highest BCUT2D eigenvalue weighted by molar-refractivity contribution is 5.68. The topological polar surface area (TPSA) is 52.6 Å². The molecule has 0 spiro atoms. The van der Waals surface area contributed by atoms with E-state index in [-0.39, 0.29) is 6.42 Å². The molecule has 1 aromatic rings. The summed E-state index contributed by atoms with van der Waals surface area (Å²) in [6.07, 6.45) is 0.136. The number of hydrogen-bond acceptors (Lipinski definition) is 3. The molecule has 100 valence electrons. The van der Waals surface area contributed by atoms with Crippen LogP contribution in [0.5, 0.6) is 0 Å². The van der Waals surface area contributed by atoms with Crippen molar-refractivity contribution in [3.63, 3.8) is 0 Å². The lowest BCUT2D eigenvalue weighted by Gasteiger charge is -2.22. The fourth-order valence-electron chi connectivity index (χ4n) is 1.94. The number of nitrogens with zero attached hydrogens (tertiary/aromatic N) is 1. The van der Waals surface area contributed by atoms with Crippen LogP contribution in [0.2, 0.25) is 0 Å². The molecular formula is C14H22N2O2. The Morgan fingerprint density at radius 2 is 2.00 bits per heavy atom. The molecule has 1 aromatic carbocycles. The average Bonchev–Trinajstić information content (AvgIpc) is 2.33. The van der Waals surface area contributed by atoms with Crippen molar-refractivity contribution in [1.82, 2.24) is 0 Å². The van der Waals surface area contributed by atoms with Gasteiger partial charge < -0.3 is 15.3 Å². The van der Waals surface area contributed by atoms with E-state index in [1.807, 2.05) is 13.0 Å². The van der Waals surface area contributed by atoms with Crippen LogP contribution in [0, 0.1) is 6.92 Å². The smallest absolute Gasteiger partial charge is 0.305 e. The molecule has 1 rings (SSSR count). The molecule has 0 unspecified atom stereocenters. The van der Waals surface area contributed by atoms with Gasteiger partial charge in [0.15, 0.2) is 0 Å². The molecule has 0 atom stereocenters. The van der Waals surface area contributed by atoms with Gasteiger partial charge in [-0.25, -0.2) is 0 Å². The lowest BCUT2D eigenvalue weighted by atomic mass is 10.1. The Balaban J connectivity index is 2.70. The van der Waals surface area contributed by atoms with Crippen LogP contribution in [0.15, 0.2) is 18.2 Å². The molecular weight excluding hydrogens is 228 g/mol. The Bertz CT molecular complexity index is 401. The zero-order valence-electron chi connectivity index (χ0n) is 11.4. The number of benzene rings is 1. The van der Waals surface area contributed by atoms with Gasteiger partial charge in [-0.3, -0.25) is 4.79 Å². The van der Waals surface area contributed by atoms with Crippen molar-refractivity contribution in [2.75, 3.05) is 29.9 Å². The third-order valence-corrected chi connectivity index (χ3v) is 2.99. The molecule has 0 radical (unpaired) electrons. The normalized spacial score (nSPS) is 10.2. The van der Waals surface area contributed by atoms with Crippen LogP contribution in [0.25, 0.3) is 0 Å². The molecule has 2 N–H and O–H groups in total. The summed E-state index contributed by atoms with van der Waals surface area (Å²) in [5, 5.41) is 11.7. The first-order valence-electron chi connectivity index (χ1n) is 6.39. The maximum atomic E-state index is 10.4. The van der Waals surface area contributed by atoms with E-state index in [1.165, 1.54) is 5.69 Å². The van der Waals surface area contributed by atoms with E-state index in [1.54, 1.807) is 0 Å². The lowest BCUT2D eigenvalue weighted by Crippen LogP contribution is -2.21. The SMILES string of the molecule is CCN(CC)c1ccc(NCCC(=O)O)c(C)c1. The van der Waals surface area contributed by atoms with E-state index in [4.69, 9.17) is 5.11 Å². The van der Waals surface area contributed by atoms with Gasteiger partial charge in [-0.2, -0.15) is 0 Å². The van der Waals surface area contributed by atoms with Crippen molar-refractivity contribution in [2.24, 2.45) is 0 Å². The Kier molecular flexibility index (Phi) is 5.49. The van der Waals surface area contributed by atoms with Gasteiger partial charge in [0, 0.05) is 31.0 Å². The van der Waals surface area contributed by atoms with Gasteiger partial charge in [-0.05, 0) is 44.5 Å². The minimum atomic E-state index is -0.778. The largest absolute Gasteiger partial charge is 0.481 e. The molecule has 0 fully saturated rings. The summed E-state index contributed by atoms with van der Waals surface area (Å²) in [6, 6.07) is 6.23. The molecule has 0 saturated heterocycles. The molecule has 18 heavy (non-hydrogen) atoms. The third kappa shape index (κ3) is 3.95. The zero-order chi connectivity index (χ0) is 13.5. The van der Waals surface area contributed by atoms with Gasteiger partial charge in [0.2, 0.25) is 0 Å². The first kappa shape index (κ1) is 14.4. The average molecular weight is 250 g/mol. The second-order valence-corrected chi connectivity index (χ2v) is 4.24. The molecule has 4 nitrogen and oxygen atoms in total. The number of carboxylic acids is 1. The summed E-state index contributed by atoms with van der Waals surface area (Å²) in [6.45, 7) is 8.75. The highest BCUT2D eigenvalue weighted by Gasteiger charge is 2.05. The van der Waals surface area contributed by atoms with E-state index in [0.29, 0.717) is 6.54 Å². The minimum absolute atomic E-state index is 0.136. The quantitative estimate of drug-likeness (QED) is 0.781. The highest BCUT2D eigenvalue weighted by atomic mass is 16.4. The van der Waals surface area contributed by atoms with Crippen molar-refractivity contribution in [2.45, 2.75) is 27.2 Å². The minimum Gasteiger partial charge on any atom is -0.481 e. The number of aliphatic carboxylic acids is 1. The summed E-state index contributed by atoms with van der Waals surface area (Å²) in [5.74, 6) is -0.778. The second kappa shape index (κ2) is 6.89. The van der Waals surface area contributed by atoms with Gasteiger partial charge in [-0.15, -0.1) is 0 Å². The Morgan fingerprint density at radius 3 is 2.50 bits per heavy atom. The van der Waals surface area contributed by atoms with Crippen molar-refractivity contribution < 1.29 is 9.90 Å². The van der Waals surface area contributed by atoms with Gasteiger partial charge in [-0.1, -0.05) is 0 Å². The van der Waals surface area contributed by atoms with Crippen molar-refractivity contribution in [1.29, 1.82) is 0 Å². The van der Waals surface area contributed by atoms with E-state index in [9.17, 15) is 4.79 Å². The standard InChI is InChI=1S/C14H22N2O2/c1-4-16(5-2)12-6-7-13(11(3)10-12)15-9-8-14(17)18/h6-7,10,15H,4-5,8-9H2,1-3H3,(H,17,18). The van der Waals surface area contributed by atoms with Crippen LogP contribution < -0.4 is 10.2 Å². The number of hydrogen-bond donors (Lipinski definition) is 2. The Morgan fingerprint density at radius 1 is 1.33 bits per heavy atom. The summed E-state index contributed by atoms with van der Waals surface area (Å²) < 4.78 is 0. The summed E-state index contributed by atoms with van der Waals surface area (Å²) in [7, 11) is 0. The van der Waals surface area contributed by atoms with Crippen molar-refractivity contribution in [3.8, 4) is 0 Å². The van der Waals surface area contributed by atoms with Gasteiger partial charge in [0.25, 0.3) is 0 Å². The highest BCUT2D eigenvalue weighted by Crippen LogP contribution is 2.22. The number of anilines is 2.